The zero-order chi connectivity index (χ0) is 8.20. The molecule has 0 aliphatic rings. The molecule has 2 nitrogen and oxygen atoms in total. The molecular formula is C8H20N2+. The first-order valence-corrected chi connectivity index (χ1v) is 3.69. The summed E-state index contributed by atoms with van der Waals surface area (Å²) in [5.74, 6) is 0. The lowest BCUT2D eigenvalue weighted by Gasteiger charge is -2.24. The van der Waals surface area contributed by atoms with Crippen LogP contribution < -0.4 is 0 Å². The molecule has 0 aromatic rings. The third kappa shape index (κ3) is 7.92. The molecule has 61 valence electrons. The molecule has 0 aromatic carbocycles. The lowest BCUT2D eigenvalue weighted by atomic mass is 10.3. The lowest BCUT2D eigenvalue weighted by molar-refractivity contribution is -0.866. The molecule has 0 rings (SSSR count). The van der Waals surface area contributed by atoms with E-state index in [4.69, 9.17) is 0 Å². The van der Waals surface area contributed by atoms with Crippen LogP contribution >= 0.6 is 0 Å². The molecule has 0 unspecified atom stereocenters. The summed E-state index contributed by atoms with van der Waals surface area (Å²) in [4.78, 5) is 2.18. The molecule has 0 heterocycles. The highest BCUT2D eigenvalue weighted by Gasteiger charge is 2.05. The third-order valence-electron chi connectivity index (χ3n) is 1.17. The first-order valence-electron chi connectivity index (χ1n) is 3.69. The van der Waals surface area contributed by atoms with Crippen molar-refractivity contribution in [3.63, 3.8) is 0 Å². The predicted octanol–water partition coefficient (Wildman–Crippen LogP) is 0.458. The van der Waals surface area contributed by atoms with Gasteiger partial charge in [-0.2, -0.15) is 0 Å². The smallest absolute Gasteiger partial charge is 0.0826 e. The fourth-order valence-electron chi connectivity index (χ4n) is 0.703. The highest BCUT2D eigenvalue weighted by molar-refractivity contribution is 4.65. The van der Waals surface area contributed by atoms with Crippen LogP contribution in [0.25, 0.3) is 0 Å². The minimum absolute atomic E-state index is 1.02. The monoisotopic (exact) mass is 144 g/mol. The van der Waals surface area contributed by atoms with E-state index in [9.17, 15) is 0 Å². The maximum atomic E-state index is 2.31. The van der Waals surface area contributed by atoms with E-state index >= 15 is 0 Å². The summed E-state index contributed by atoms with van der Waals surface area (Å²) >= 11 is 0. The van der Waals surface area contributed by atoms with Gasteiger partial charge in [0, 0.05) is 13.0 Å². The Morgan fingerprint density at radius 2 is 1.70 bits per heavy atom. The average Bonchev–Trinajstić information content (AvgIpc) is 1.59. The lowest BCUT2D eigenvalue weighted by Crippen LogP contribution is -2.37. The predicted molar refractivity (Wildman–Crippen MR) is 45.8 cm³/mol. The molecule has 1 radical (unpaired) electrons. The van der Waals surface area contributed by atoms with Crippen LogP contribution in [-0.4, -0.2) is 57.7 Å². The summed E-state index contributed by atoms with van der Waals surface area (Å²) in [7, 11) is 10.8. The highest BCUT2D eigenvalue weighted by atomic mass is 15.3. The molecule has 0 bridgehead atoms. The van der Waals surface area contributed by atoms with Gasteiger partial charge in [0.25, 0.3) is 0 Å². The Morgan fingerprint density at radius 1 is 1.20 bits per heavy atom. The third-order valence-corrected chi connectivity index (χ3v) is 1.17. The number of quaternary nitrogens is 1. The van der Waals surface area contributed by atoms with Crippen molar-refractivity contribution in [2.45, 2.75) is 0 Å². The van der Waals surface area contributed by atoms with Crippen molar-refractivity contribution in [2.75, 3.05) is 48.3 Å². The Balaban J connectivity index is 3.21. The van der Waals surface area contributed by atoms with Gasteiger partial charge in [-0.1, -0.05) is 0 Å². The first-order chi connectivity index (χ1) is 4.42. The Kier molecular flexibility index (Phi) is 3.91. The molecule has 0 saturated heterocycles. The summed E-state index contributed by atoms with van der Waals surface area (Å²) in [6.45, 7) is 2.22. The SMILES string of the molecule is CN(C)C[CH]C[N+](C)(C)C. The molecule has 0 saturated carbocycles. The molecule has 10 heavy (non-hydrogen) atoms. The van der Waals surface area contributed by atoms with Crippen molar-refractivity contribution in [1.29, 1.82) is 0 Å². The summed E-state index contributed by atoms with van der Waals surface area (Å²) in [5.41, 5.74) is 0. The maximum Gasteiger partial charge on any atom is 0.0826 e. The second-order valence-electron chi connectivity index (χ2n) is 4.02. The molecule has 0 N–H and O–H groups in total. The first kappa shape index (κ1) is 9.92. The van der Waals surface area contributed by atoms with Crippen molar-refractivity contribution in [1.82, 2.24) is 4.90 Å². The number of rotatable bonds is 4. The van der Waals surface area contributed by atoms with E-state index in [2.05, 4.69) is 46.6 Å². The minimum atomic E-state index is 1.02. The Morgan fingerprint density at radius 3 is 2.00 bits per heavy atom. The van der Waals surface area contributed by atoms with Gasteiger partial charge in [0.1, 0.15) is 0 Å². The normalized spacial score (nSPS) is 12.6. The van der Waals surface area contributed by atoms with Crippen molar-refractivity contribution in [3.05, 3.63) is 6.42 Å². The quantitative estimate of drug-likeness (QED) is 0.518. The van der Waals surface area contributed by atoms with Crippen LogP contribution in [0.1, 0.15) is 0 Å². The van der Waals surface area contributed by atoms with Gasteiger partial charge >= 0.3 is 0 Å². The van der Waals surface area contributed by atoms with E-state index in [-0.39, 0.29) is 0 Å². The van der Waals surface area contributed by atoms with Crippen LogP contribution in [0.15, 0.2) is 0 Å². The molecule has 0 aromatic heterocycles. The number of nitrogens with zero attached hydrogens (tertiary/aromatic N) is 2. The van der Waals surface area contributed by atoms with Crippen molar-refractivity contribution >= 4 is 0 Å². The molecule has 0 aliphatic carbocycles. The minimum Gasteiger partial charge on any atom is -0.331 e. The largest absolute Gasteiger partial charge is 0.331 e. The van der Waals surface area contributed by atoms with Crippen molar-refractivity contribution in [2.24, 2.45) is 0 Å². The molecule has 0 fully saturated rings. The van der Waals surface area contributed by atoms with Gasteiger partial charge in [-0.15, -0.1) is 0 Å². The van der Waals surface area contributed by atoms with E-state index in [0.29, 0.717) is 0 Å². The van der Waals surface area contributed by atoms with Crippen LogP contribution in [0.4, 0.5) is 0 Å². The van der Waals surface area contributed by atoms with Crippen molar-refractivity contribution in [3.8, 4) is 0 Å². The molecular weight excluding hydrogens is 124 g/mol. The summed E-state index contributed by atoms with van der Waals surface area (Å²) in [6, 6.07) is 0. The van der Waals surface area contributed by atoms with Crippen LogP contribution in [0, 0.1) is 6.42 Å². The van der Waals surface area contributed by atoms with Gasteiger partial charge in [0.15, 0.2) is 0 Å². The Bertz CT molecular complexity index is 81.7. The zero-order valence-electron chi connectivity index (χ0n) is 7.89. The fraction of sp³-hybridized carbons (Fsp3) is 0.875. The summed E-state index contributed by atoms with van der Waals surface area (Å²) in [6.07, 6.45) is 2.31. The zero-order valence-corrected chi connectivity index (χ0v) is 7.89. The molecule has 2 heteroatoms. The van der Waals surface area contributed by atoms with E-state index < -0.39 is 0 Å². The van der Waals surface area contributed by atoms with Gasteiger partial charge in [-0.25, -0.2) is 0 Å². The Hall–Kier alpha value is -0.0800. The van der Waals surface area contributed by atoms with Gasteiger partial charge in [0.05, 0.1) is 27.7 Å². The van der Waals surface area contributed by atoms with E-state index in [1.807, 2.05) is 0 Å². The second kappa shape index (κ2) is 3.94. The van der Waals surface area contributed by atoms with Gasteiger partial charge in [-0.05, 0) is 14.1 Å². The second-order valence-corrected chi connectivity index (χ2v) is 4.02. The highest BCUT2D eigenvalue weighted by Crippen LogP contribution is 1.92. The average molecular weight is 144 g/mol. The van der Waals surface area contributed by atoms with E-state index in [1.165, 1.54) is 0 Å². The standard InChI is InChI=1S/C8H20N2/c1-9(2)7-6-8-10(3,4)5/h6H,7-8H2,1-5H3/q+1. The van der Waals surface area contributed by atoms with E-state index in [0.717, 1.165) is 17.6 Å². The van der Waals surface area contributed by atoms with Crippen LogP contribution in [0.5, 0.6) is 0 Å². The number of hydrogen-bond acceptors (Lipinski definition) is 1. The number of hydrogen-bond donors (Lipinski definition) is 0. The topological polar surface area (TPSA) is 3.24 Å². The van der Waals surface area contributed by atoms with E-state index in [1.54, 1.807) is 0 Å². The molecule has 0 aliphatic heterocycles. The van der Waals surface area contributed by atoms with Gasteiger partial charge in [-0.3, -0.25) is 0 Å². The molecule has 0 spiro atoms. The molecule has 0 amide bonds. The summed E-state index contributed by atoms with van der Waals surface area (Å²) in [5, 5.41) is 0. The van der Waals surface area contributed by atoms with Crippen LogP contribution in [-0.2, 0) is 0 Å². The van der Waals surface area contributed by atoms with Crippen molar-refractivity contribution < 1.29 is 4.48 Å². The molecule has 0 atom stereocenters. The van der Waals surface area contributed by atoms with Crippen LogP contribution in [0.3, 0.4) is 0 Å². The van der Waals surface area contributed by atoms with Crippen LogP contribution in [0.2, 0.25) is 0 Å². The Labute approximate surface area is 65.0 Å². The maximum absolute atomic E-state index is 2.31. The fourth-order valence-corrected chi connectivity index (χ4v) is 0.703. The van der Waals surface area contributed by atoms with Gasteiger partial charge in [0.2, 0.25) is 0 Å². The van der Waals surface area contributed by atoms with Gasteiger partial charge < -0.3 is 9.38 Å². The summed E-state index contributed by atoms with van der Waals surface area (Å²) < 4.78 is 1.02.